The zero-order valence-electron chi connectivity index (χ0n) is 9.31. The molecular weight excluding hydrogens is 230 g/mol. The van der Waals surface area contributed by atoms with Crippen LogP contribution in [0.25, 0.3) is 22.2 Å². The van der Waals surface area contributed by atoms with Gasteiger partial charge < -0.3 is 10.7 Å². The number of fused-ring (bicyclic) bond motifs is 1. The topological polar surface area (TPSA) is 54.7 Å². The maximum atomic E-state index is 5.55. The number of rotatable bonds is 3. The van der Waals surface area contributed by atoms with Gasteiger partial charge in [0.1, 0.15) is 0 Å². The largest absolute Gasteiger partial charge is 0.360 e. The molecule has 0 amide bonds. The summed E-state index contributed by atoms with van der Waals surface area (Å²) in [7, 11) is 0. The maximum Gasteiger partial charge on any atom is 0.0864 e. The highest BCUT2D eigenvalue weighted by Crippen LogP contribution is 2.29. The summed E-state index contributed by atoms with van der Waals surface area (Å²) < 4.78 is 4.49. The fourth-order valence-corrected chi connectivity index (χ4v) is 2.72. The highest BCUT2D eigenvalue weighted by Gasteiger charge is 2.09. The van der Waals surface area contributed by atoms with Crippen LogP contribution in [0.4, 0.5) is 0 Å². The van der Waals surface area contributed by atoms with Crippen LogP contribution in [0.1, 0.15) is 4.88 Å². The van der Waals surface area contributed by atoms with Crippen LogP contribution < -0.4 is 5.73 Å². The van der Waals surface area contributed by atoms with E-state index in [1.54, 1.807) is 0 Å². The van der Waals surface area contributed by atoms with Crippen LogP contribution in [0.2, 0.25) is 0 Å². The Kier molecular flexibility index (Phi) is 2.66. The molecule has 0 radical (unpaired) electrons. The summed E-state index contributed by atoms with van der Waals surface area (Å²) in [6, 6.07) is 10.4. The Hall–Kier alpha value is -1.65. The van der Waals surface area contributed by atoms with Gasteiger partial charge in [-0.25, -0.2) is 0 Å². The lowest BCUT2D eigenvalue weighted by atomic mass is 10.1. The maximum absolute atomic E-state index is 5.55. The molecule has 2 aromatic heterocycles. The van der Waals surface area contributed by atoms with Crippen molar-refractivity contribution in [2.24, 2.45) is 5.73 Å². The fourth-order valence-electron chi connectivity index (χ4n) is 1.98. The second-order valence-corrected chi connectivity index (χ2v) is 4.85. The molecule has 0 aliphatic carbocycles. The number of nitrogens with two attached hydrogens (primary N) is 1. The molecule has 0 aliphatic heterocycles. The lowest BCUT2D eigenvalue weighted by Gasteiger charge is -1.93. The predicted molar refractivity (Wildman–Crippen MR) is 72.2 cm³/mol. The lowest BCUT2D eigenvalue weighted by Crippen LogP contribution is -2.00. The zero-order valence-corrected chi connectivity index (χ0v) is 10.1. The van der Waals surface area contributed by atoms with Gasteiger partial charge in [-0.1, -0.05) is 18.2 Å². The summed E-state index contributed by atoms with van der Waals surface area (Å²) in [5.41, 5.74) is 8.91. The number of hydrogen-bond donors (Lipinski definition) is 2. The summed E-state index contributed by atoms with van der Waals surface area (Å²) in [5.74, 6) is 0. The van der Waals surface area contributed by atoms with E-state index in [-0.39, 0.29) is 0 Å². The summed E-state index contributed by atoms with van der Waals surface area (Å²) in [6.45, 7) is 0.676. The first-order valence-corrected chi connectivity index (χ1v) is 6.38. The minimum atomic E-state index is 0.676. The number of nitrogens with zero attached hydrogens (tertiary/aromatic N) is 1. The van der Waals surface area contributed by atoms with Crippen LogP contribution in [-0.4, -0.2) is 15.9 Å². The number of H-pyrrole nitrogens is 1. The van der Waals surface area contributed by atoms with Gasteiger partial charge in [0.15, 0.2) is 0 Å². The second kappa shape index (κ2) is 4.31. The Morgan fingerprint density at radius 3 is 3.06 bits per heavy atom. The van der Waals surface area contributed by atoms with Crippen molar-refractivity contribution in [1.82, 2.24) is 9.36 Å². The second-order valence-electron chi connectivity index (χ2n) is 3.97. The molecule has 3 rings (SSSR count). The molecule has 0 saturated heterocycles. The van der Waals surface area contributed by atoms with E-state index in [1.165, 1.54) is 27.4 Å². The number of aromatic nitrogens is 2. The van der Waals surface area contributed by atoms with Gasteiger partial charge in [0.2, 0.25) is 0 Å². The van der Waals surface area contributed by atoms with Crippen molar-refractivity contribution in [1.29, 1.82) is 0 Å². The van der Waals surface area contributed by atoms with Crippen LogP contribution in [0, 0.1) is 0 Å². The Bertz CT molecular complexity index is 639. The molecule has 3 nitrogen and oxygen atoms in total. The molecular formula is C13H13N3S. The Balaban J connectivity index is 2.07. The van der Waals surface area contributed by atoms with Gasteiger partial charge in [-0.3, -0.25) is 0 Å². The van der Waals surface area contributed by atoms with E-state index in [1.807, 2.05) is 18.3 Å². The van der Waals surface area contributed by atoms with Gasteiger partial charge >= 0.3 is 0 Å². The van der Waals surface area contributed by atoms with E-state index in [9.17, 15) is 0 Å². The molecule has 0 spiro atoms. The molecule has 2 heterocycles. The first-order valence-electron chi connectivity index (χ1n) is 5.60. The van der Waals surface area contributed by atoms with E-state index in [4.69, 9.17) is 5.73 Å². The first-order chi connectivity index (χ1) is 8.38. The van der Waals surface area contributed by atoms with Crippen LogP contribution in [0.15, 0.2) is 36.5 Å². The SMILES string of the molecule is NCCc1cc(-c2c[nH]c3ccccc23)ns1. The Morgan fingerprint density at radius 1 is 1.29 bits per heavy atom. The summed E-state index contributed by atoms with van der Waals surface area (Å²) in [4.78, 5) is 4.51. The molecule has 0 atom stereocenters. The van der Waals surface area contributed by atoms with Gasteiger partial charge in [0.25, 0.3) is 0 Å². The van der Waals surface area contributed by atoms with Crippen molar-refractivity contribution in [2.75, 3.05) is 6.54 Å². The summed E-state index contributed by atoms with van der Waals surface area (Å²) >= 11 is 1.54. The third kappa shape index (κ3) is 1.85. The smallest absolute Gasteiger partial charge is 0.0864 e. The average molecular weight is 243 g/mol. The number of hydrogen-bond acceptors (Lipinski definition) is 3. The summed E-state index contributed by atoms with van der Waals surface area (Å²) in [6.07, 6.45) is 2.92. The van der Waals surface area contributed by atoms with Gasteiger partial charge in [-0.2, -0.15) is 4.37 Å². The van der Waals surface area contributed by atoms with E-state index < -0.39 is 0 Å². The van der Waals surface area contributed by atoms with Crippen molar-refractivity contribution in [3.63, 3.8) is 0 Å². The Labute approximate surface area is 103 Å². The van der Waals surface area contributed by atoms with Crippen molar-refractivity contribution in [3.05, 3.63) is 41.4 Å². The van der Waals surface area contributed by atoms with Crippen LogP contribution in [0.3, 0.4) is 0 Å². The molecule has 1 aromatic carbocycles. The Morgan fingerprint density at radius 2 is 2.18 bits per heavy atom. The number of aromatic amines is 1. The average Bonchev–Trinajstić information content (AvgIpc) is 2.95. The van der Waals surface area contributed by atoms with E-state index in [0.717, 1.165) is 17.6 Å². The molecule has 3 aromatic rings. The molecule has 0 bridgehead atoms. The zero-order chi connectivity index (χ0) is 11.7. The van der Waals surface area contributed by atoms with Crippen molar-refractivity contribution in [2.45, 2.75) is 6.42 Å². The molecule has 0 fully saturated rings. The molecule has 4 heteroatoms. The minimum absolute atomic E-state index is 0.676. The molecule has 0 unspecified atom stereocenters. The monoisotopic (exact) mass is 243 g/mol. The highest BCUT2D eigenvalue weighted by molar-refractivity contribution is 7.06. The van der Waals surface area contributed by atoms with Gasteiger partial charge in [-0.05, 0) is 36.6 Å². The molecule has 3 N–H and O–H groups in total. The minimum Gasteiger partial charge on any atom is -0.360 e. The van der Waals surface area contributed by atoms with Crippen LogP contribution in [-0.2, 0) is 6.42 Å². The number of para-hydroxylation sites is 1. The van der Waals surface area contributed by atoms with E-state index in [2.05, 4.69) is 27.6 Å². The number of benzene rings is 1. The predicted octanol–water partition coefficient (Wildman–Crippen LogP) is 2.79. The third-order valence-electron chi connectivity index (χ3n) is 2.81. The standard InChI is InChI=1S/C13H13N3S/c14-6-5-9-7-13(16-17-9)11-8-15-12-4-2-1-3-10(11)12/h1-4,7-8,15H,5-6,14H2. The van der Waals surface area contributed by atoms with Crippen LogP contribution >= 0.6 is 11.5 Å². The van der Waals surface area contributed by atoms with Gasteiger partial charge in [-0.15, -0.1) is 0 Å². The molecule has 17 heavy (non-hydrogen) atoms. The van der Waals surface area contributed by atoms with Crippen molar-refractivity contribution < 1.29 is 0 Å². The number of nitrogens with one attached hydrogen (secondary N) is 1. The van der Waals surface area contributed by atoms with E-state index >= 15 is 0 Å². The molecule has 0 saturated carbocycles. The quantitative estimate of drug-likeness (QED) is 0.743. The fraction of sp³-hybridized carbons (Fsp3) is 0.154. The lowest BCUT2D eigenvalue weighted by molar-refractivity contribution is 0.989. The molecule has 86 valence electrons. The van der Waals surface area contributed by atoms with E-state index in [0.29, 0.717) is 6.54 Å². The summed E-state index contributed by atoms with van der Waals surface area (Å²) in [5, 5.41) is 1.22. The third-order valence-corrected chi connectivity index (χ3v) is 3.66. The van der Waals surface area contributed by atoms with Crippen LogP contribution in [0.5, 0.6) is 0 Å². The normalized spacial score (nSPS) is 11.1. The molecule has 0 aliphatic rings. The highest BCUT2D eigenvalue weighted by atomic mass is 32.1. The van der Waals surface area contributed by atoms with Crippen molar-refractivity contribution in [3.8, 4) is 11.3 Å². The van der Waals surface area contributed by atoms with Gasteiger partial charge in [0, 0.05) is 27.5 Å². The first kappa shape index (κ1) is 10.5. The van der Waals surface area contributed by atoms with Gasteiger partial charge in [0.05, 0.1) is 5.69 Å². The van der Waals surface area contributed by atoms with Crippen molar-refractivity contribution >= 4 is 22.4 Å².